The van der Waals surface area contributed by atoms with E-state index in [1.165, 1.54) is 4.90 Å². The lowest BCUT2D eigenvalue weighted by atomic mass is 9.94. The molecule has 0 saturated carbocycles. The van der Waals surface area contributed by atoms with Gasteiger partial charge in [-0.05, 0) is 86.0 Å². The van der Waals surface area contributed by atoms with Crippen LogP contribution in [-0.4, -0.2) is 32.8 Å². The third-order valence-corrected chi connectivity index (χ3v) is 6.58. The number of pyridine rings is 1. The predicted octanol–water partition coefficient (Wildman–Crippen LogP) is 6.59. The summed E-state index contributed by atoms with van der Waals surface area (Å²) in [7, 11) is 0. The van der Waals surface area contributed by atoms with Crippen molar-refractivity contribution in [3.05, 3.63) is 125 Å². The van der Waals surface area contributed by atoms with E-state index in [1.54, 1.807) is 54.9 Å². The third kappa shape index (κ3) is 5.59. The highest BCUT2D eigenvalue weighted by atomic mass is 16.5. The van der Waals surface area contributed by atoms with E-state index in [1.807, 2.05) is 63.2 Å². The molecule has 4 aromatic rings. The molecule has 5 rings (SSSR count). The van der Waals surface area contributed by atoms with Crippen molar-refractivity contribution in [2.24, 2.45) is 0 Å². The molecule has 1 atom stereocenters. The van der Waals surface area contributed by atoms with Gasteiger partial charge < -0.3 is 19.5 Å². The second kappa shape index (κ2) is 11.5. The van der Waals surface area contributed by atoms with E-state index in [2.05, 4.69) is 4.98 Å². The number of hydrogen-bond donors (Lipinski definition) is 1. The molecule has 1 aliphatic heterocycles. The fourth-order valence-corrected chi connectivity index (χ4v) is 4.79. The largest absolute Gasteiger partial charge is 0.507 e. The molecule has 1 amide bonds. The van der Waals surface area contributed by atoms with Crippen molar-refractivity contribution in [3.63, 3.8) is 0 Å². The maximum absolute atomic E-state index is 13.5. The van der Waals surface area contributed by atoms with Crippen molar-refractivity contribution in [1.82, 2.24) is 9.88 Å². The number of ether oxygens (including phenoxy) is 2. The van der Waals surface area contributed by atoms with Gasteiger partial charge in [-0.3, -0.25) is 14.6 Å². The van der Waals surface area contributed by atoms with Gasteiger partial charge in [-0.2, -0.15) is 0 Å². The van der Waals surface area contributed by atoms with Crippen molar-refractivity contribution < 1.29 is 24.2 Å². The molecule has 1 aliphatic rings. The van der Waals surface area contributed by atoms with Gasteiger partial charge in [0.15, 0.2) is 0 Å². The number of amides is 1. The molecule has 1 unspecified atom stereocenters. The number of hydrogen-bond acceptors (Lipinski definition) is 6. The van der Waals surface area contributed by atoms with E-state index in [0.717, 1.165) is 11.1 Å². The topological polar surface area (TPSA) is 89.0 Å². The van der Waals surface area contributed by atoms with E-state index in [4.69, 9.17) is 9.47 Å². The Labute approximate surface area is 233 Å². The molecule has 0 spiro atoms. The highest BCUT2D eigenvalue weighted by molar-refractivity contribution is 6.46. The Bertz CT molecular complexity index is 1560. The molecule has 1 saturated heterocycles. The molecule has 40 heavy (non-hydrogen) atoms. The number of Topliss-reactive ketones (excluding diaryl/α,β-unsaturated/α-hetero) is 1. The van der Waals surface area contributed by atoms with Crippen molar-refractivity contribution in [2.75, 3.05) is 0 Å². The molecule has 202 valence electrons. The second-order valence-electron chi connectivity index (χ2n) is 9.92. The predicted molar refractivity (Wildman–Crippen MR) is 152 cm³/mol. The third-order valence-electron chi connectivity index (χ3n) is 6.58. The summed E-state index contributed by atoms with van der Waals surface area (Å²) < 4.78 is 11.9. The number of likely N-dealkylation sites (tertiary alicyclic amines) is 1. The molecule has 2 heterocycles. The molecular weight excluding hydrogens is 504 g/mol. The Morgan fingerprint density at radius 2 is 1.73 bits per heavy atom. The average Bonchev–Trinajstić information content (AvgIpc) is 3.20. The first kappa shape index (κ1) is 26.7. The van der Waals surface area contributed by atoms with Crippen LogP contribution in [0.5, 0.6) is 17.2 Å². The van der Waals surface area contributed by atoms with Crippen LogP contribution in [0, 0.1) is 6.92 Å². The lowest BCUT2D eigenvalue weighted by Crippen LogP contribution is -2.29. The number of aliphatic hydroxyl groups is 1. The van der Waals surface area contributed by atoms with Gasteiger partial charge in [0.05, 0.1) is 17.7 Å². The molecule has 3 aromatic carbocycles. The van der Waals surface area contributed by atoms with Gasteiger partial charge in [0.1, 0.15) is 23.0 Å². The summed E-state index contributed by atoms with van der Waals surface area (Å²) in [6.45, 7) is 5.89. The second-order valence-corrected chi connectivity index (χ2v) is 9.92. The molecule has 1 N–H and O–H groups in total. The van der Waals surface area contributed by atoms with E-state index in [9.17, 15) is 14.7 Å². The number of aryl methyl sites for hydroxylation is 1. The van der Waals surface area contributed by atoms with Crippen molar-refractivity contribution >= 4 is 17.4 Å². The normalized spacial score (nSPS) is 16.4. The first-order chi connectivity index (χ1) is 19.3. The molecule has 0 bridgehead atoms. The van der Waals surface area contributed by atoms with Crippen LogP contribution in [0.1, 0.15) is 42.1 Å². The van der Waals surface area contributed by atoms with Gasteiger partial charge in [0.25, 0.3) is 11.7 Å². The Morgan fingerprint density at radius 1 is 0.950 bits per heavy atom. The standard InChI is InChI=1S/C33H30N2O5/c1-21(2)39-28-15-14-25(17-22(28)3)31(36)29-30(35(33(38)32(29)37)20-23-9-8-16-34-19-23)24-10-7-13-27(18-24)40-26-11-5-4-6-12-26/h4-19,21,30,36H,20H2,1-3H3/b31-29-. The van der Waals surface area contributed by atoms with E-state index < -0.39 is 17.7 Å². The average molecular weight is 535 g/mol. The minimum absolute atomic E-state index is 0.0127. The van der Waals surface area contributed by atoms with Crippen LogP contribution < -0.4 is 9.47 Å². The van der Waals surface area contributed by atoms with Gasteiger partial charge in [0, 0.05) is 24.5 Å². The van der Waals surface area contributed by atoms with Crippen LogP contribution in [0.15, 0.2) is 103 Å². The summed E-state index contributed by atoms with van der Waals surface area (Å²) in [5, 5.41) is 11.5. The van der Waals surface area contributed by atoms with Crippen molar-refractivity contribution in [3.8, 4) is 17.2 Å². The minimum Gasteiger partial charge on any atom is -0.507 e. The fraction of sp³-hybridized carbons (Fsp3) is 0.182. The summed E-state index contributed by atoms with van der Waals surface area (Å²) in [4.78, 5) is 32.5. The van der Waals surface area contributed by atoms with Gasteiger partial charge in [-0.25, -0.2) is 0 Å². The maximum Gasteiger partial charge on any atom is 0.295 e. The zero-order chi connectivity index (χ0) is 28.2. The van der Waals surface area contributed by atoms with E-state index in [0.29, 0.717) is 28.4 Å². The van der Waals surface area contributed by atoms with Gasteiger partial charge in [-0.1, -0.05) is 36.4 Å². The van der Waals surface area contributed by atoms with Gasteiger partial charge in [0.2, 0.25) is 0 Å². The number of nitrogens with zero attached hydrogens (tertiary/aromatic N) is 2. The fourth-order valence-electron chi connectivity index (χ4n) is 4.79. The number of aliphatic hydroxyl groups excluding tert-OH is 1. The zero-order valence-electron chi connectivity index (χ0n) is 22.6. The Kier molecular flexibility index (Phi) is 7.64. The molecule has 7 nitrogen and oxygen atoms in total. The first-order valence-corrected chi connectivity index (χ1v) is 13.1. The number of para-hydroxylation sites is 1. The molecule has 1 fully saturated rings. The Balaban J connectivity index is 1.60. The van der Waals surface area contributed by atoms with Gasteiger partial charge in [-0.15, -0.1) is 0 Å². The Hall–Kier alpha value is -4.91. The molecule has 0 aliphatic carbocycles. The number of rotatable bonds is 8. The summed E-state index contributed by atoms with van der Waals surface area (Å²) in [5.74, 6) is 0.198. The number of carbonyl (C=O) groups is 2. The van der Waals surface area contributed by atoms with Crippen LogP contribution in [0.4, 0.5) is 0 Å². The molecule has 0 radical (unpaired) electrons. The highest BCUT2D eigenvalue weighted by Crippen LogP contribution is 2.41. The number of aromatic nitrogens is 1. The quantitative estimate of drug-likeness (QED) is 0.156. The zero-order valence-corrected chi connectivity index (χ0v) is 22.6. The van der Waals surface area contributed by atoms with Crippen molar-refractivity contribution in [2.45, 2.75) is 39.5 Å². The van der Waals surface area contributed by atoms with Gasteiger partial charge >= 0.3 is 0 Å². The molecule has 1 aromatic heterocycles. The van der Waals surface area contributed by atoms with Crippen LogP contribution in [0.3, 0.4) is 0 Å². The van der Waals surface area contributed by atoms with Crippen LogP contribution in [0.2, 0.25) is 0 Å². The maximum atomic E-state index is 13.5. The number of ketones is 1. The van der Waals surface area contributed by atoms with Crippen LogP contribution in [-0.2, 0) is 16.1 Å². The molecular formula is C33H30N2O5. The van der Waals surface area contributed by atoms with E-state index in [-0.39, 0.29) is 24.0 Å². The number of benzene rings is 3. The van der Waals surface area contributed by atoms with Crippen LogP contribution in [0.25, 0.3) is 5.76 Å². The highest BCUT2D eigenvalue weighted by Gasteiger charge is 2.46. The SMILES string of the molecule is Cc1cc(/C(O)=C2/C(=O)C(=O)N(Cc3cccnc3)C2c2cccc(Oc3ccccc3)c2)ccc1OC(C)C. The van der Waals surface area contributed by atoms with Crippen LogP contribution >= 0.6 is 0 Å². The number of carbonyl (C=O) groups excluding carboxylic acids is 2. The molecule has 7 heteroatoms. The van der Waals surface area contributed by atoms with E-state index >= 15 is 0 Å². The lowest BCUT2D eigenvalue weighted by molar-refractivity contribution is -0.140. The summed E-state index contributed by atoms with van der Waals surface area (Å²) in [6, 6.07) is 24.6. The monoisotopic (exact) mass is 534 g/mol. The minimum atomic E-state index is -0.841. The lowest BCUT2D eigenvalue weighted by Gasteiger charge is -2.25. The Morgan fingerprint density at radius 3 is 2.42 bits per heavy atom. The first-order valence-electron chi connectivity index (χ1n) is 13.1. The van der Waals surface area contributed by atoms with Crippen molar-refractivity contribution in [1.29, 1.82) is 0 Å². The summed E-state index contributed by atoms with van der Waals surface area (Å²) in [6.07, 6.45) is 3.29. The summed E-state index contributed by atoms with van der Waals surface area (Å²) >= 11 is 0. The summed E-state index contributed by atoms with van der Waals surface area (Å²) in [5.41, 5.74) is 2.64. The smallest absolute Gasteiger partial charge is 0.295 e.